The molecule has 1 N–H and O–H groups in total. The van der Waals surface area contributed by atoms with Crippen molar-refractivity contribution in [3.8, 4) is 16.9 Å². The standard InChI is InChI=1S/C16H19FN2O/c1-11(2)20-15-6-14(9-19-10-15)12-4-5-13(8-18-3)16(17)7-12/h4-7,9-11,18H,8H2,1-3H3. The fourth-order valence-electron chi connectivity index (χ4n) is 1.97. The van der Waals surface area contributed by atoms with Crippen molar-refractivity contribution in [3.05, 3.63) is 48.0 Å². The summed E-state index contributed by atoms with van der Waals surface area (Å²) in [6.45, 7) is 4.43. The van der Waals surface area contributed by atoms with Gasteiger partial charge in [-0.1, -0.05) is 12.1 Å². The van der Waals surface area contributed by atoms with E-state index in [0.29, 0.717) is 17.9 Å². The highest BCUT2D eigenvalue weighted by Crippen LogP contribution is 2.25. The van der Waals surface area contributed by atoms with Gasteiger partial charge in [0.1, 0.15) is 11.6 Å². The van der Waals surface area contributed by atoms with Crippen molar-refractivity contribution in [1.29, 1.82) is 0 Å². The number of nitrogens with one attached hydrogen (secondary N) is 1. The summed E-state index contributed by atoms with van der Waals surface area (Å²) < 4.78 is 19.5. The summed E-state index contributed by atoms with van der Waals surface area (Å²) in [5.41, 5.74) is 2.29. The number of halogens is 1. The minimum Gasteiger partial charge on any atom is -0.489 e. The summed E-state index contributed by atoms with van der Waals surface area (Å²) in [6.07, 6.45) is 3.45. The summed E-state index contributed by atoms with van der Waals surface area (Å²) in [5.74, 6) is 0.476. The second-order valence-electron chi connectivity index (χ2n) is 4.91. The zero-order valence-electron chi connectivity index (χ0n) is 12.0. The van der Waals surface area contributed by atoms with Crippen LogP contribution in [0.1, 0.15) is 19.4 Å². The quantitative estimate of drug-likeness (QED) is 0.907. The molecule has 106 valence electrons. The normalized spacial score (nSPS) is 10.8. The van der Waals surface area contributed by atoms with E-state index in [1.165, 1.54) is 6.07 Å². The van der Waals surface area contributed by atoms with Crippen LogP contribution in [0.3, 0.4) is 0 Å². The molecule has 0 bridgehead atoms. The van der Waals surface area contributed by atoms with E-state index in [0.717, 1.165) is 11.1 Å². The lowest BCUT2D eigenvalue weighted by Crippen LogP contribution is -2.07. The monoisotopic (exact) mass is 274 g/mol. The zero-order valence-corrected chi connectivity index (χ0v) is 12.0. The molecule has 0 amide bonds. The van der Waals surface area contributed by atoms with E-state index in [4.69, 9.17) is 4.74 Å². The molecule has 0 saturated heterocycles. The maximum absolute atomic E-state index is 13.9. The summed E-state index contributed by atoms with van der Waals surface area (Å²) in [6, 6.07) is 7.09. The predicted molar refractivity (Wildman–Crippen MR) is 78.2 cm³/mol. The Morgan fingerprint density at radius 2 is 2.00 bits per heavy atom. The summed E-state index contributed by atoms with van der Waals surface area (Å²) in [7, 11) is 1.80. The predicted octanol–water partition coefficient (Wildman–Crippen LogP) is 3.39. The number of pyridine rings is 1. The molecule has 0 unspecified atom stereocenters. The van der Waals surface area contributed by atoms with Gasteiger partial charge in [-0.05, 0) is 38.6 Å². The van der Waals surface area contributed by atoms with Gasteiger partial charge in [-0.25, -0.2) is 4.39 Å². The Kier molecular flexibility index (Phi) is 4.69. The SMILES string of the molecule is CNCc1ccc(-c2cncc(OC(C)C)c2)cc1F. The van der Waals surface area contributed by atoms with Gasteiger partial charge < -0.3 is 10.1 Å². The fourth-order valence-corrected chi connectivity index (χ4v) is 1.97. The molecule has 0 aliphatic rings. The second kappa shape index (κ2) is 6.48. The molecule has 2 rings (SSSR count). The minimum absolute atomic E-state index is 0.0850. The molecular formula is C16H19FN2O. The van der Waals surface area contributed by atoms with Gasteiger partial charge in [-0.15, -0.1) is 0 Å². The molecule has 0 aliphatic heterocycles. The lowest BCUT2D eigenvalue weighted by atomic mass is 10.0. The maximum atomic E-state index is 13.9. The first kappa shape index (κ1) is 14.5. The van der Waals surface area contributed by atoms with Crippen LogP contribution in [-0.2, 0) is 6.54 Å². The average molecular weight is 274 g/mol. The van der Waals surface area contributed by atoms with Gasteiger partial charge in [0, 0.05) is 23.9 Å². The molecular weight excluding hydrogens is 255 g/mol. The third-order valence-corrected chi connectivity index (χ3v) is 2.84. The molecule has 1 heterocycles. The zero-order chi connectivity index (χ0) is 14.5. The highest BCUT2D eigenvalue weighted by Gasteiger charge is 2.06. The van der Waals surface area contributed by atoms with Crippen LogP contribution in [0.15, 0.2) is 36.7 Å². The Hall–Kier alpha value is -1.94. The molecule has 1 aromatic carbocycles. The van der Waals surface area contributed by atoms with Gasteiger partial charge in [0.2, 0.25) is 0 Å². The van der Waals surface area contributed by atoms with E-state index < -0.39 is 0 Å². The molecule has 0 saturated carbocycles. The molecule has 2 aromatic rings. The van der Waals surface area contributed by atoms with Crippen LogP contribution in [0.25, 0.3) is 11.1 Å². The lowest BCUT2D eigenvalue weighted by Gasteiger charge is -2.11. The average Bonchev–Trinajstić information content (AvgIpc) is 2.41. The first-order valence-electron chi connectivity index (χ1n) is 6.65. The van der Waals surface area contributed by atoms with Crippen molar-refractivity contribution < 1.29 is 9.13 Å². The third kappa shape index (κ3) is 3.54. The van der Waals surface area contributed by atoms with Gasteiger partial charge in [0.25, 0.3) is 0 Å². The van der Waals surface area contributed by atoms with Crippen molar-refractivity contribution in [1.82, 2.24) is 10.3 Å². The number of hydrogen-bond acceptors (Lipinski definition) is 3. The summed E-state index contributed by atoms with van der Waals surface area (Å²) in [4.78, 5) is 4.14. The molecule has 0 aliphatic carbocycles. The summed E-state index contributed by atoms with van der Waals surface area (Å²) >= 11 is 0. The van der Waals surface area contributed by atoms with Crippen molar-refractivity contribution in [3.63, 3.8) is 0 Å². The molecule has 4 heteroatoms. The van der Waals surface area contributed by atoms with Crippen molar-refractivity contribution in [2.24, 2.45) is 0 Å². The van der Waals surface area contributed by atoms with Gasteiger partial charge in [0.05, 0.1) is 12.3 Å². The fraction of sp³-hybridized carbons (Fsp3) is 0.312. The van der Waals surface area contributed by atoms with Gasteiger partial charge in [-0.2, -0.15) is 0 Å². The van der Waals surface area contributed by atoms with Crippen LogP contribution in [0, 0.1) is 5.82 Å². The largest absolute Gasteiger partial charge is 0.489 e. The van der Waals surface area contributed by atoms with Crippen molar-refractivity contribution >= 4 is 0 Å². The molecule has 0 atom stereocenters. The number of aromatic nitrogens is 1. The first-order chi connectivity index (χ1) is 9.60. The van der Waals surface area contributed by atoms with Crippen molar-refractivity contribution in [2.75, 3.05) is 7.05 Å². The smallest absolute Gasteiger partial charge is 0.138 e. The summed E-state index contributed by atoms with van der Waals surface area (Å²) in [5, 5.41) is 2.94. The van der Waals surface area contributed by atoms with Crippen LogP contribution in [0.2, 0.25) is 0 Å². The molecule has 1 aromatic heterocycles. The van der Waals surface area contributed by atoms with E-state index in [2.05, 4.69) is 10.3 Å². The number of benzene rings is 1. The Morgan fingerprint density at radius 3 is 2.65 bits per heavy atom. The van der Waals surface area contributed by atoms with E-state index >= 15 is 0 Å². The van der Waals surface area contributed by atoms with Crippen LogP contribution in [0.4, 0.5) is 4.39 Å². The lowest BCUT2D eigenvalue weighted by molar-refractivity contribution is 0.241. The van der Waals surface area contributed by atoms with Crippen LogP contribution in [-0.4, -0.2) is 18.1 Å². The maximum Gasteiger partial charge on any atom is 0.138 e. The number of hydrogen-bond donors (Lipinski definition) is 1. The second-order valence-corrected chi connectivity index (χ2v) is 4.91. The molecule has 3 nitrogen and oxygen atoms in total. The van der Waals surface area contributed by atoms with Crippen LogP contribution >= 0.6 is 0 Å². The van der Waals surface area contributed by atoms with Crippen molar-refractivity contribution in [2.45, 2.75) is 26.5 Å². The highest BCUT2D eigenvalue weighted by atomic mass is 19.1. The highest BCUT2D eigenvalue weighted by molar-refractivity contribution is 5.64. The molecule has 0 radical (unpaired) electrons. The van der Waals surface area contributed by atoms with Gasteiger partial charge in [-0.3, -0.25) is 4.98 Å². The topological polar surface area (TPSA) is 34.2 Å². The van der Waals surface area contributed by atoms with Gasteiger partial charge in [0.15, 0.2) is 0 Å². The molecule has 0 spiro atoms. The van der Waals surface area contributed by atoms with E-state index in [-0.39, 0.29) is 11.9 Å². The van der Waals surface area contributed by atoms with Crippen LogP contribution < -0.4 is 10.1 Å². The molecule has 0 fully saturated rings. The minimum atomic E-state index is -0.216. The molecule has 20 heavy (non-hydrogen) atoms. The Labute approximate surface area is 118 Å². The Morgan fingerprint density at radius 1 is 1.20 bits per heavy atom. The van der Waals surface area contributed by atoms with E-state index in [1.54, 1.807) is 25.5 Å². The number of rotatable bonds is 5. The van der Waals surface area contributed by atoms with Gasteiger partial charge >= 0.3 is 0 Å². The van der Waals surface area contributed by atoms with E-state index in [9.17, 15) is 4.39 Å². The third-order valence-electron chi connectivity index (χ3n) is 2.84. The number of ether oxygens (including phenoxy) is 1. The van der Waals surface area contributed by atoms with E-state index in [1.807, 2.05) is 26.0 Å². The van der Waals surface area contributed by atoms with Crippen LogP contribution in [0.5, 0.6) is 5.75 Å². The Balaban J connectivity index is 2.29. The first-order valence-corrected chi connectivity index (χ1v) is 6.65. The number of nitrogens with zero attached hydrogens (tertiary/aromatic N) is 1. The Bertz CT molecular complexity index is 584.